The van der Waals surface area contributed by atoms with Gasteiger partial charge in [0.05, 0.1) is 5.69 Å². The molecule has 1 fully saturated rings. The monoisotopic (exact) mass is 292 g/mol. The van der Waals surface area contributed by atoms with E-state index in [9.17, 15) is 0 Å². The predicted molar refractivity (Wildman–Crippen MR) is 82.7 cm³/mol. The fourth-order valence-electron chi connectivity index (χ4n) is 2.67. The van der Waals surface area contributed by atoms with Crippen LogP contribution >= 0.6 is 11.6 Å². The van der Waals surface area contributed by atoms with Gasteiger partial charge in [0.15, 0.2) is 5.82 Å². The molecule has 108 valence electrons. The van der Waals surface area contributed by atoms with E-state index in [1.54, 1.807) is 0 Å². The second kappa shape index (κ2) is 4.92. The van der Waals surface area contributed by atoms with Gasteiger partial charge in [0.2, 0.25) is 0 Å². The number of anilines is 1. The van der Waals surface area contributed by atoms with Crippen LogP contribution in [0.5, 0.6) is 0 Å². The summed E-state index contributed by atoms with van der Waals surface area (Å²) in [4.78, 5) is 6.90. The zero-order valence-corrected chi connectivity index (χ0v) is 13.1. The standard InChI is InChI=1S/C15H21ClN4/c1-15(2,3)13-8-12-14(17-5-7-20(12)18-13)19-6-4-11(9-16)10-19/h5,7-8,11H,4,6,9-10H2,1-3H3. The normalized spacial score (nSPS) is 20.0. The van der Waals surface area contributed by atoms with Crippen LogP contribution in [0.1, 0.15) is 32.9 Å². The van der Waals surface area contributed by atoms with E-state index in [4.69, 9.17) is 11.6 Å². The Morgan fingerprint density at radius 2 is 2.20 bits per heavy atom. The lowest BCUT2D eigenvalue weighted by molar-refractivity contribution is 0.562. The molecule has 5 heteroatoms. The first-order valence-electron chi connectivity index (χ1n) is 7.15. The summed E-state index contributed by atoms with van der Waals surface area (Å²) in [5.74, 6) is 2.33. The molecule has 2 aromatic rings. The summed E-state index contributed by atoms with van der Waals surface area (Å²) in [6.07, 6.45) is 4.89. The summed E-state index contributed by atoms with van der Waals surface area (Å²) in [6.45, 7) is 8.57. The summed E-state index contributed by atoms with van der Waals surface area (Å²) < 4.78 is 1.94. The molecule has 0 radical (unpaired) electrons. The molecule has 1 atom stereocenters. The predicted octanol–water partition coefficient (Wildman–Crippen LogP) is 3.09. The smallest absolute Gasteiger partial charge is 0.154 e. The van der Waals surface area contributed by atoms with E-state index in [1.165, 1.54) is 0 Å². The molecule has 0 bridgehead atoms. The zero-order valence-electron chi connectivity index (χ0n) is 12.3. The molecule has 4 nitrogen and oxygen atoms in total. The quantitative estimate of drug-likeness (QED) is 0.798. The van der Waals surface area contributed by atoms with Gasteiger partial charge in [0.25, 0.3) is 0 Å². The summed E-state index contributed by atoms with van der Waals surface area (Å²) in [5.41, 5.74) is 2.24. The number of fused-ring (bicyclic) bond motifs is 1. The zero-order chi connectivity index (χ0) is 14.3. The Balaban J connectivity index is 2.01. The van der Waals surface area contributed by atoms with Crippen LogP contribution in [0.4, 0.5) is 5.82 Å². The maximum atomic E-state index is 5.98. The van der Waals surface area contributed by atoms with Gasteiger partial charge in [-0.05, 0) is 18.4 Å². The Hall–Kier alpha value is -1.29. The van der Waals surface area contributed by atoms with Crippen molar-refractivity contribution in [2.45, 2.75) is 32.6 Å². The first kappa shape index (κ1) is 13.7. The molecule has 1 aliphatic heterocycles. The van der Waals surface area contributed by atoms with Crippen LogP contribution in [-0.4, -0.2) is 33.6 Å². The van der Waals surface area contributed by atoms with E-state index in [0.717, 1.165) is 42.4 Å². The SMILES string of the molecule is CC(C)(C)c1cc2c(N3CCC(CCl)C3)nccn2n1. The van der Waals surface area contributed by atoms with Gasteiger partial charge in [-0.15, -0.1) is 11.6 Å². The molecule has 2 aromatic heterocycles. The van der Waals surface area contributed by atoms with Crippen molar-refractivity contribution < 1.29 is 0 Å². The molecule has 0 saturated carbocycles. The molecular weight excluding hydrogens is 272 g/mol. The van der Waals surface area contributed by atoms with Gasteiger partial charge in [-0.25, -0.2) is 9.50 Å². The van der Waals surface area contributed by atoms with Crippen molar-refractivity contribution in [3.05, 3.63) is 24.2 Å². The number of hydrogen-bond donors (Lipinski definition) is 0. The molecule has 0 N–H and O–H groups in total. The highest BCUT2D eigenvalue weighted by molar-refractivity contribution is 6.18. The van der Waals surface area contributed by atoms with Gasteiger partial charge in [-0.3, -0.25) is 0 Å². The number of alkyl halides is 1. The lowest BCUT2D eigenvalue weighted by Gasteiger charge is -2.17. The Kier molecular flexibility index (Phi) is 3.36. The van der Waals surface area contributed by atoms with Crippen molar-refractivity contribution in [2.24, 2.45) is 5.92 Å². The molecule has 0 aromatic carbocycles. The first-order chi connectivity index (χ1) is 9.49. The third-order valence-corrected chi connectivity index (χ3v) is 4.38. The molecule has 3 heterocycles. The molecule has 0 aliphatic carbocycles. The van der Waals surface area contributed by atoms with Crippen LogP contribution in [0.2, 0.25) is 0 Å². The number of halogens is 1. The largest absolute Gasteiger partial charge is 0.354 e. The van der Waals surface area contributed by atoms with E-state index in [-0.39, 0.29) is 5.41 Å². The maximum Gasteiger partial charge on any atom is 0.154 e. The Bertz CT molecular complexity index is 614. The highest BCUT2D eigenvalue weighted by Gasteiger charge is 2.26. The van der Waals surface area contributed by atoms with Gasteiger partial charge in [-0.2, -0.15) is 5.10 Å². The van der Waals surface area contributed by atoms with E-state index < -0.39 is 0 Å². The van der Waals surface area contributed by atoms with Crippen molar-refractivity contribution in [1.82, 2.24) is 14.6 Å². The van der Waals surface area contributed by atoms with Gasteiger partial charge in [-0.1, -0.05) is 20.8 Å². The van der Waals surface area contributed by atoms with Gasteiger partial charge in [0.1, 0.15) is 5.52 Å². The molecule has 20 heavy (non-hydrogen) atoms. The highest BCUT2D eigenvalue weighted by atomic mass is 35.5. The summed E-state index contributed by atoms with van der Waals surface area (Å²) in [6, 6.07) is 2.16. The molecule has 3 rings (SSSR count). The topological polar surface area (TPSA) is 33.4 Å². The van der Waals surface area contributed by atoms with Crippen LogP contribution in [0.15, 0.2) is 18.5 Å². The third-order valence-electron chi connectivity index (χ3n) is 3.94. The van der Waals surface area contributed by atoms with E-state index in [1.807, 2.05) is 16.9 Å². The summed E-state index contributed by atoms with van der Waals surface area (Å²) in [5, 5.41) is 4.68. The molecule has 0 amide bonds. The van der Waals surface area contributed by atoms with Crippen molar-refractivity contribution in [3.8, 4) is 0 Å². The molecular formula is C15H21ClN4. The number of aromatic nitrogens is 3. The van der Waals surface area contributed by atoms with Crippen LogP contribution in [0, 0.1) is 5.92 Å². The lowest BCUT2D eigenvalue weighted by atomic mass is 9.92. The Morgan fingerprint density at radius 1 is 1.40 bits per heavy atom. The van der Waals surface area contributed by atoms with Crippen LogP contribution < -0.4 is 4.90 Å². The van der Waals surface area contributed by atoms with Crippen molar-refractivity contribution >= 4 is 22.9 Å². The average molecular weight is 293 g/mol. The van der Waals surface area contributed by atoms with Gasteiger partial charge in [0, 0.05) is 36.8 Å². The molecule has 0 spiro atoms. The van der Waals surface area contributed by atoms with Crippen LogP contribution in [-0.2, 0) is 5.41 Å². The minimum Gasteiger partial charge on any atom is -0.354 e. The minimum atomic E-state index is 0.0486. The second-order valence-electron chi connectivity index (χ2n) is 6.62. The minimum absolute atomic E-state index is 0.0486. The van der Waals surface area contributed by atoms with Crippen LogP contribution in [0.3, 0.4) is 0 Å². The van der Waals surface area contributed by atoms with Crippen LogP contribution in [0.25, 0.3) is 5.52 Å². The molecule has 1 aliphatic rings. The average Bonchev–Trinajstić information content (AvgIpc) is 3.04. The number of rotatable bonds is 2. The van der Waals surface area contributed by atoms with Gasteiger partial charge >= 0.3 is 0 Å². The Morgan fingerprint density at radius 3 is 2.85 bits per heavy atom. The van der Waals surface area contributed by atoms with Crippen molar-refractivity contribution in [1.29, 1.82) is 0 Å². The lowest BCUT2D eigenvalue weighted by Crippen LogP contribution is -2.21. The fourth-order valence-corrected chi connectivity index (χ4v) is 2.92. The van der Waals surface area contributed by atoms with Gasteiger partial charge < -0.3 is 4.90 Å². The van der Waals surface area contributed by atoms with Crippen molar-refractivity contribution in [3.63, 3.8) is 0 Å². The number of nitrogens with zero attached hydrogens (tertiary/aromatic N) is 4. The molecule has 1 unspecified atom stereocenters. The third kappa shape index (κ3) is 2.37. The highest BCUT2D eigenvalue weighted by Crippen LogP contribution is 2.29. The van der Waals surface area contributed by atoms with Crippen molar-refractivity contribution in [2.75, 3.05) is 23.9 Å². The first-order valence-corrected chi connectivity index (χ1v) is 7.68. The molecule has 1 saturated heterocycles. The summed E-state index contributed by atoms with van der Waals surface area (Å²) in [7, 11) is 0. The van der Waals surface area contributed by atoms with E-state index >= 15 is 0 Å². The second-order valence-corrected chi connectivity index (χ2v) is 6.92. The maximum absolute atomic E-state index is 5.98. The fraction of sp³-hybridized carbons (Fsp3) is 0.600. The van der Waals surface area contributed by atoms with E-state index in [2.05, 4.69) is 41.8 Å². The number of hydrogen-bond acceptors (Lipinski definition) is 3. The summed E-state index contributed by atoms with van der Waals surface area (Å²) >= 11 is 5.98. The Labute approximate surface area is 124 Å². The van der Waals surface area contributed by atoms with E-state index in [0.29, 0.717) is 5.92 Å².